The number of rotatable bonds is 8. The highest BCUT2D eigenvalue weighted by Gasteiger charge is 2.17. The third-order valence-corrected chi connectivity index (χ3v) is 3.02. The number of esters is 1. The van der Waals surface area contributed by atoms with E-state index in [2.05, 4.69) is 16.6 Å². The predicted octanol–water partition coefficient (Wildman–Crippen LogP) is 1.34. The van der Waals surface area contributed by atoms with Gasteiger partial charge in [0.2, 0.25) is 7.37 Å². The van der Waals surface area contributed by atoms with Crippen molar-refractivity contribution < 1.29 is 28.2 Å². The topological polar surface area (TPSA) is 90.9 Å². The monoisotopic (exact) mass is 279 g/mol. The second kappa shape index (κ2) is 8.72. The molecular formula is C10H18NO6P. The van der Waals surface area contributed by atoms with Crippen LogP contribution in [0, 0.1) is 0 Å². The Labute approximate surface area is 106 Å². The van der Waals surface area contributed by atoms with E-state index in [1.54, 1.807) is 6.92 Å². The molecule has 0 rings (SSSR count). The van der Waals surface area contributed by atoms with Gasteiger partial charge in [0.1, 0.15) is 6.61 Å². The van der Waals surface area contributed by atoms with Gasteiger partial charge in [-0.25, -0.2) is 9.59 Å². The van der Waals surface area contributed by atoms with Gasteiger partial charge in [-0.2, -0.15) is 0 Å². The number of ether oxygens (including phenoxy) is 2. The highest BCUT2D eigenvalue weighted by atomic mass is 31.2. The largest absolute Gasteiger partial charge is 0.461 e. The summed E-state index contributed by atoms with van der Waals surface area (Å²) in [4.78, 5) is 21.8. The van der Waals surface area contributed by atoms with Gasteiger partial charge in [-0.15, -0.1) is 0 Å². The first-order valence-electron chi connectivity index (χ1n) is 5.32. The molecule has 0 aliphatic rings. The highest BCUT2D eigenvalue weighted by Crippen LogP contribution is 2.41. The fraction of sp³-hybridized carbons (Fsp3) is 0.600. The Morgan fingerprint density at radius 3 is 2.61 bits per heavy atom. The Balaban J connectivity index is 3.69. The Hall–Kier alpha value is -1.33. The lowest BCUT2D eigenvalue weighted by atomic mass is 10.6. The molecule has 1 unspecified atom stereocenters. The van der Waals surface area contributed by atoms with Crippen LogP contribution in [0.5, 0.6) is 0 Å². The standard InChI is InChI=1S/C10H18NO6P/c1-4-9(12)15-7-6-11-10(13)16-8-18(3,14)17-5-2/h4H,1,5-8H2,2-3H3,(H,11,13). The van der Waals surface area contributed by atoms with E-state index < -0.39 is 19.4 Å². The SMILES string of the molecule is C=CC(=O)OCCNC(=O)OCP(C)(=O)OCC. The average molecular weight is 279 g/mol. The molecule has 104 valence electrons. The van der Waals surface area contributed by atoms with Crippen molar-refractivity contribution in [2.24, 2.45) is 0 Å². The molecule has 1 N–H and O–H groups in total. The zero-order chi connectivity index (χ0) is 14.0. The van der Waals surface area contributed by atoms with E-state index in [4.69, 9.17) is 9.26 Å². The molecule has 0 aliphatic carbocycles. The van der Waals surface area contributed by atoms with Gasteiger partial charge in [-0.05, 0) is 6.92 Å². The molecule has 0 saturated heterocycles. The summed E-state index contributed by atoms with van der Waals surface area (Å²) in [6.45, 7) is 6.70. The fourth-order valence-electron chi connectivity index (χ4n) is 0.901. The molecule has 0 aromatic heterocycles. The van der Waals surface area contributed by atoms with Crippen molar-refractivity contribution in [2.45, 2.75) is 6.92 Å². The summed E-state index contributed by atoms with van der Waals surface area (Å²) in [6, 6.07) is 0. The molecule has 1 amide bonds. The van der Waals surface area contributed by atoms with E-state index in [9.17, 15) is 14.2 Å². The summed E-state index contributed by atoms with van der Waals surface area (Å²) in [5, 5.41) is 2.33. The summed E-state index contributed by atoms with van der Waals surface area (Å²) in [7, 11) is -2.89. The number of amides is 1. The molecule has 0 bridgehead atoms. The maximum absolute atomic E-state index is 11.6. The van der Waals surface area contributed by atoms with Gasteiger partial charge in [0.05, 0.1) is 13.2 Å². The average Bonchev–Trinajstić information content (AvgIpc) is 2.32. The molecule has 0 heterocycles. The molecular weight excluding hydrogens is 261 g/mol. The number of carbonyl (C=O) groups is 2. The maximum Gasteiger partial charge on any atom is 0.407 e. The summed E-state index contributed by atoms with van der Waals surface area (Å²) >= 11 is 0. The Morgan fingerprint density at radius 1 is 1.39 bits per heavy atom. The molecule has 7 nitrogen and oxygen atoms in total. The van der Waals surface area contributed by atoms with Crippen molar-refractivity contribution in [2.75, 3.05) is 32.8 Å². The second-order valence-electron chi connectivity index (χ2n) is 3.29. The molecule has 18 heavy (non-hydrogen) atoms. The molecule has 0 aromatic carbocycles. The number of hydrogen-bond acceptors (Lipinski definition) is 6. The third kappa shape index (κ3) is 8.78. The number of alkyl carbamates (subject to hydrolysis) is 1. The first kappa shape index (κ1) is 16.7. The van der Waals surface area contributed by atoms with E-state index in [1.165, 1.54) is 6.66 Å². The Morgan fingerprint density at radius 2 is 2.06 bits per heavy atom. The van der Waals surface area contributed by atoms with Crippen LogP contribution in [-0.4, -0.2) is 44.8 Å². The predicted molar refractivity (Wildman–Crippen MR) is 65.7 cm³/mol. The van der Waals surface area contributed by atoms with Gasteiger partial charge in [0.15, 0.2) is 6.35 Å². The quantitative estimate of drug-likeness (QED) is 0.312. The molecule has 0 spiro atoms. The van der Waals surface area contributed by atoms with Gasteiger partial charge in [-0.3, -0.25) is 4.57 Å². The van der Waals surface area contributed by atoms with E-state index in [0.717, 1.165) is 6.08 Å². The van der Waals surface area contributed by atoms with Crippen molar-refractivity contribution in [1.29, 1.82) is 0 Å². The molecule has 0 aromatic rings. The third-order valence-electron chi connectivity index (χ3n) is 1.61. The van der Waals surface area contributed by atoms with E-state index in [-0.39, 0.29) is 26.1 Å². The van der Waals surface area contributed by atoms with Gasteiger partial charge >= 0.3 is 12.1 Å². The number of hydrogen-bond donors (Lipinski definition) is 1. The van der Waals surface area contributed by atoms with Gasteiger partial charge < -0.3 is 19.3 Å². The zero-order valence-electron chi connectivity index (χ0n) is 10.5. The van der Waals surface area contributed by atoms with Crippen LogP contribution < -0.4 is 5.32 Å². The number of nitrogens with one attached hydrogen (secondary N) is 1. The fourth-order valence-corrected chi connectivity index (χ4v) is 1.87. The Kier molecular flexibility index (Phi) is 8.07. The van der Waals surface area contributed by atoms with Gasteiger partial charge in [-0.1, -0.05) is 6.58 Å². The smallest absolute Gasteiger partial charge is 0.407 e. The highest BCUT2D eigenvalue weighted by molar-refractivity contribution is 7.57. The van der Waals surface area contributed by atoms with Crippen LogP contribution in [-0.2, 0) is 23.4 Å². The molecule has 0 saturated carbocycles. The summed E-state index contributed by atoms with van der Waals surface area (Å²) < 4.78 is 25.8. The van der Waals surface area contributed by atoms with Crippen LogP contribution >= 0.6 is 7.37 Å². The van der Waals surface area contributed by atoms with Gasteiger partial charge in [0, 0.05) is 12.7 Å². The minimum Gasteiger partial charge on any atom is -0.461 e. The summed E-state index contributed by atoms with van der Waals surface area (Å²) in [6.07, 6.45) is -0.0150. The van der Waals surface area contributed by atoms with Crippen LogP contribution in [0.4, 0.5) is 4.79 Å². The van der Waals surface area contributed by atoms with Crippen molar-refractivity contribution >= 4 is 19.4 Å². The molecule has 0 radical (unpaired) electrons. The lowest BCUT2D eigenvalue weighted by molar-refractivity contribution is -0.137. The van der Waals surface area contributed by atoms with Crippen LogP contribution in [0.1, 0.15) is 6.92 Å². The van der Waals surface area contributed by atoms with E-state index in [0.29, 0.717) is 0 Å². The van der Waals surface area contributed by atoms with Gasteiger partial charge in [0.25, 0.3) is 0 Å². The van der Waals surface area contributed by atoms with E-state index >= 15 is 0 Å². The van der Waals surface area contributed by atoms with Crippen LogP contribution in [0.3, 0.4) is 0 Å². The summed E-state index contributed by atoms with van der Waals surface area (Å²) in [5.74, 6) is -0.570. The van der Waals surface area contributed by atoms with E-state index in [1.807, 2.05) is 0 Å². The van der Waals surface area contributed by atoms with Crippen LogP contribution in [0.25, 0.3) is 0 Å². The van der Waals surface area contributed by atoms with Crippen LogP contribution in [0.2, 0.25) is 0 Å². The molecule has 8 heteroatoms. The molecule has 1 atom stereocenters. The normalized spacial score (nSPS) is 13.2. The maximum atomic E-state index is 11.6. The molecule has 0 aliphatic heterocycles. The van der Waals surface area contributed by atoms with Crippen molar-refractivity contribution in [3.8, 4) is 0 Å². The summed E-state index contributed by atoms with van der Waals surface area (Å²) in [5.41, 5.74) is 0. The van der Waals surface area contributed by atoms with Crippen molar-refractivity contribution in [3.05, 3.63) is 12.7 Å². The zero-order valence-corrected chi connectivity index (χ0v) is 11.4. The molecule has 0 fully saturated rings. The lowest BCUT2D eigenvalue weighted by Gasteiger charge is -2.13. The van der Waals surface area contributed by atoms with Crippen molar-refractivity contribution in [3.63, 3.8) is 0 Å². The lowest BCUT2D eigenvalue weighted by Crippen LogP contribution is -2.28. The Bertz CT molecular complexity index is 343. The van der Waals surface area contributed by atoms with Crippen molar-refractivity contribution in [1.82, 2.24) is 5.32 Å². The minimum atomic E-state index is -2.89. The number of carbonyl (C=O) groups excluding carboxylic acids is 2. The first-order chi connectivity index (χ1) is 8.41. The second-order valence-corrected chi connectivity index (χ2v) is 5.84. The minimum absolute atomic E-state index is 0.00913. The van der Waals surface area contributed by atoms with Crippen LogP contribution in [0.15, 0.2) is 12.7 Å². The first-order valence-corrected chi connectivity index (χ1v) is 7.58.